The summed E-state index contributed by atoms with van der Waals surface area (Å²) < 4.78 is 0. The van der Waals surface area contributed by atoms with Gasteiger partial charge in [0, 0.05) is 19.3 Å². The molecule has 1 atom stereocenters. The number of piperidine rings is 1. The van der Waals surface area contributed by atoms with Crippen molar-refractivity contribution in [2.45, 2.75) is 26.7 Å². The second kappa shape index (κ2) is 3.29. The van der Waals surface area contributed by atoms with E-state index in [2.05, 4.69) is 32.4 Å². The van der Waals surface area contributed by atoms with Gasteiger partial charge in [0.1, 0.15) is 0 Å². The molecule has 0 aromatic heterocycles. The fraction of sp³-hybridized carbons (Fsp3) is 0.800. The molecule has 1 heteroatoms. The van der Waals surface area contributed by atoms with Gasteiger partial charge >= 0.3 is 0 Å². The minimum atomic E-state index is 0.825. The monoisotopic (exact) mass is 153 g/mol. The molecule has 0 aliphatic carbocycles. The Morgan fingerprint density at radius 2 is 2.18 bits per heavy atom. The van der Waals surface area contributed by atoms with E-state index in [-0.39, 0.29) is 0 Å². The molecular formula is C10H19N. The van der Waals surface area contributed by atoms with E-state index in [0.717, 1.165) is 11.8 Å². The number of likely N-dealkylation sites (tertiary alicyclic amines) is 1. The lowest BCUT2D eigenvalue weighted by molar-refractivity contribution is 0.216. The third-order valence-electron chi connectivity index (χ3n) is 2.79. The highest BCUT2D eigenvalue weighted by atomic mass is 15.1. The van der Waals surface area contributed by atoms with Crippen molar-refractivity contribution in [3.8, 4) is 0 Å². The molecule has 0 bridgehead atoms. The number of hydrogen-bond acceptors (Lipinski definition) is 1. The lowest BCUT2D eigenvalue weighted by Crippen LogP contribution is -2.32. The molecule has 1 rings (SSSR count). The van der Waals surface area contributed by atoms with Crippen LogP contribution in [0.25, 0.3) is 0 Å². The van der Waals surface area contributed by atoms with Crippen molar-refractivity contribution in [3.05, 3.63) is 12.3 Å². The van der Waals surface area contributed by atoms with Crippen LogP contribution in [0.4, 0.5) is 0 Å². The average molecular weight is 153 g/mol. The lowest BCUT2D eigenvalue weighted by atomic mass is 9.87. The normalized spacial score (nSPS) is 26.4. The second-order valence-electron chi connectivity index (χ2n) is 3.99. The molecule has 1 heterocycles. The molecule has 0 aromatic carbocycles. The summed E-state index contributed by atoms with van der Waals surface area (Å²) in [5, 5.41) is 0. The van der Waals surface area contributed by atoms with Crippen molar-refractivity contribution in [1.82, 2.24) is 4.90 Å². The van der Waals surface area contributed by atoms with Crippen LogP contribution in [0.15, 0.2) is 12.3 Å². The molecular weight excluding hydrogens is 134 g/mol. The number of allylic oxidation sites excluding steroid dienone is 1. The summed E-state index contributed by atoms with van der Waals surface area (Å²) >= 11 is 0. The minimum absolute atomic E-state index is 0.825. The van der Waals surface area contributed by atoms with Crippen molar-refractivity contribution in [2.24, 2.45) is 11.8 Å². The highest BCUT2D eigenvalue weighted by Gasteiger charge is 2.21. The minimum Gasteiger partial charge on any atom is -0.378 e. The lowest BCUT2D eigenvalue weighted by Gasteiger charge is -2.35. The summed E-state index contributed by atoms with van der Waals surface area (Å²) in [5.74, 6) is 1.70. The summed E-state index contributed by atoms with van der Waals surface area (Å²) in [7, 11) is 2.15. The molecule has 0 radical (unpaired) electrons. The molecule has 1 nitrogen and oxygen atoms in total. The Morgan fingerprint density at radius 1 is 1.55 bits per heavy atom. The summed E-state index contributed by atoms with van der Waals surface area (Å²) in [6.07, 6.45) is 2.53. The van der Waals surface area contributed by atoms with Crippen molar-refractivity contribution in [1.29, 1.82) is 0 Å². The molecule has 0 unspecified atom stereocenters. The fourth-order valence-electron chi connectivity index (χ4n) is 1.66. The van der Waals surface area contributed by atoms with Crippen molar-refractivity contribution >= 4 is 0 Å². The van der Waals surface area contributed by atoms with Gasteiger partial charge < -0.3 is 4.90 Å². The zero-order chi connectivity index (χ0) is 8.43. The Balaban J connectivity index is 2.46. The maximum atomic E-state index is 4.01. The largest absolute Gasteiger partial charge is 0.378 e. The summed E-state index contributed by atoms with van der Waals surface area (Å²) in [6.45, 7) is 9.84. The van der Waals surface area contributed by atoms with Gasteiger partial charge in [0.25, 0.3) is 0 Å². The Hall–Kier alpha value is -0.460. The first-order valence-corrected chi connectivity index (χ1v) is 4.50. The van der Waals surface area contributed by atoms with Crippen LogP contribution in [0.5, 0.6) is 0 Å². The van der Waals surface area contributed by atoms with Gasteiger partial charge in [-0.1, -0.05) is 20.4 Å². The van der Waals surface area contributed by atoms with Crippen LogP contribution in [0, 0.1) is 11.8 Å². The van der Waals surface area contributed by atoms with Crippen LogP contribution in [0.3, 0.4) is 0 Å². The molecule has 64 valence electrons. The molecule has 0 N–H and O–H groups in total. The molecule has 0 spiro atoms. The highest BCUT2D eigenvalue weighted by molar-refractivity contribution is 4.97. The van der Waals surface area contributed by atoms with Crippen molar-refractivity contribution in [3.63, 3.8) is 0 Å². The maximum Gasteiger partial charge on any atom is 0.0202 e. The zero-order valence-corrected chi connectivity index (χ0v) is 7.93. The Morgan fingerprint density at radius 3 is 2.64 bits per heavy atom. The van der Waals surface area contributed by atoms with Gasteiger partial charge in [0.2, 0.25) is 0 Å². The SMILES string of the molecule is C=C1CC[C@H](C(C)C)CN1C. The van der Waals surface area contributed by atoms with Gasteiger partial charge in [-0.15, -0.1) is 0 Å². The molecule has 1 aliphatic heterocycles. The molecule has 11 heavy (non-hydrogen) atoms. The quantitative estimate of drug-likeness (QED) is 0.559. The topological polar surface area (TPSA) is 3.24 Å². The van der Waals surface area contributed by atoms with E-state index >= 15 is 0 Å². The van der Waals surface area contributed by atoms with Gasteiger partial charge in [0.05, 0.1) is 0 Å². The first-order valence-electron chi connectivity index (χ1n) is 4.50. The van der Waals surface area contributed by atoms with E-state index in [1.165, 1.54) is 25.1 Å². The van der Waals surface area contributed by atoms with E-state index in [1.54, 1.807) is 0 Å². The zero-order valence-electron chi connectivity index (χ0n) is 7.93. The summed E-state index contributed by atoms with van der Waals surface area (Å²) in [5.41, 5.74) is 1.31. The first-order chi connectivity index (χ1) is 5.11. The number of rotatable bonds is 1. The van der Waals surface area contributed by atoms with E-state index in [9.17, 15) is 0 Å². The molecule has 0 saturated carbocycles. The fourth-order valence-corrected chi connectivity index (χ4v) is 1.66. The molecule has 1 fully saturated rings. The summed E-state index contributed by atoms with van der Waals surface area (Å²) in [6, 6.07) is 0. The highest BCUT2D eigenvalue weighted by Crippen LogP contribution is 2.27. The van der Waals surface area contributed by atoms with Crippen LogP contribution < -0.4 is 0 Å². The Kier molecular flexibility index (Phi) is 2.58. The third-order valence-corrected chi connectivity index (χ3v) is 2.79. The van der Waals surface area contributed by atoms with Crippen LogP contribution in [-0.4, -0.2) is 18.5 Å². The van der Waals surface area contributed by atoms with E-state index < -0.39 is 0 Å². The van der Waals surface area contributed by atoms with Crippen LogP contribution >= 0.6 is 0 Å². The average Bonchev–Trinajstić information content (AvgIpc) is 1.94. The van der Waals surface area contributed by atoms with Crippen molar-refractivity contribution in [2.75, 3.05) is 13.6 Å². The van der Waals surface area contributed by atoms with Crippen LogP contribution in [-0.2, 0) is 0 Å². The molecule has 0 amide bonds. The second-order valence-corrected chi connectivity index (χ2v) is 3.99. The van der Waals surface area contributed by atoms with E-state index in [0.29, 0.717) is 0 Å². The maximum absolute atomic E-state index is 4.01. The standard InChI is InChI=1S/C10H19N/c1-8(2)10-6-5-9(3)11(4)7-10/h8,10H,3,5-7H2,1-2,4H3/t10-/m0/s1. The third kappa shape index (κ3) is 1.98. The van der Waals surface area contributed by atoms with Gasteiger partial charge in [-0.05, 0) is 24.7 Å². The van der Waals surface area contributed by atoms with Crippen LogP contribution in [0.1, 0.15) is 26.7 Å². The summed E-state index contributed by atoms with van der Waals surface area (Å²) in [4.78, 5) is 2.30. The van der Waals surface area contributed by atoms with Gasteiger partial charge in [-0.2, -0.15) is 0 Å². The molecule has 0 aromatic rings. The number of nitrogens with zero attached hydrogens (tertiary/aromatic N) is 1. The Labute approximate surface area is 70.1 Å². The van der Waals surface area contributed by atoms with E-state index in [1.807, 2.05) is 0 Å². The van der Waals surface area contributed by atoms with Gasteiger partial charge in [0.15, 0.2) is 0 Å². The van der Waals surface area contributed by atoms with Crippen molar-refractivity contribution < 1.29 is 0 Å². The van der Waals surface area contributed by atoms with Gasteiger partial charge in [-0.25, -0.2) is 0 Å². The van der Waals surface area contributed by atoms with Crippen LogP contribution in [0.2, 0.25) is 0 Å². The first kappa shape index (κ1) is 8.63. The predicted octanol–water partition coefficient (Wildman–Crippen LogP) is 2.50. The van der Waals surface area contributed by atoms with Gasteiger partial charge in [-0.3, -0.25) is 0 Å². The number of hydrogen-bond donors (Lipinski definition) is 0. The molecule has 1 saturated heterocycles. The smallest absolute Gasteiger partial charge is 0.0202 e. The molecule has 1 aliphatic rings. The van der Waals surface area contributed by atoms with E-state index in [4.69, 9.17) is 0 Å². The Bertz CT molecular complexity index is 149. The predicted molar refractivity (Wildman–Crippen MR) is 49.3 cm³/mol.